The van der Waals surface area contributed by atoms with Crippen molar-refractivity contribution in [3.8, 4) is 66.8 Å². The van der Waals surface area contributed by atoms with Crippen LogP contribution in [0.5, 0.6) is 0 Å². The molecule has 108 heavy (non-hydrogen) atoms. The second-order valence-corrected chi connectivity index (χ2v) is 32.5. The molecular formula is C99H114N2Na2O4S. The van der Waals surface area contributed by atoms with Crippen LogP contribution in [0.15, 0.2) is 158 Å². The van der Waals surface area contributed by atoms with E-state index in [1.807, 2.05) is 0 Å². The molecule has 0 atom stereocenters. The molecule has 3 aliphatic rings. The van der Waals surface area contributed by atoms with Crippen molar-refractivity contribution in [1.82, 2.24) is 8.75 Å². The van der Waals surface area contributed by atoms with Gasteiger partial charge < -0.3 is 15.0 Å². The molecule has 0 radical (unpaired) electrons. The Morgan fingerprint density at radius 3 is 1.17 bits per heavy atom. The van der Waals surface area contributed by atoms with Gasteiger partial charge in [-0.05, 0) is 167 Å². The van der Waals surface area contributed by atoms with Gasteiger partial charge in [0.2, 0.25) is 0 Å². The molecule has 10 aromatic carbocycles. The number of nitrogens with zero attached hydrogens (tertiary/aromatic N) is 2. The zero-order valence-electron chi connectivity index (χ0n) is 66.8. The van der Waals surface area contributed by atoms with Crippen molar-refractivity contribution in [1.29, 1.82) is 0 Å². The van der Waals surface area contributed by atoms with Gasteiger partial charge in [-0.15, -0.1) is 39.2 Å². The summed E-state index contributed by atoms with van der Waals surface area (Å²) in [7, 11) is 0. The summed E-state index contributed by atoms with van der Waals surface area (Å²) in [5.74, 6) is -1.59. The molecule has 9 heteroatoms. The van der Waals surface area contributed by atoms with Crippen molar-refractivity contribution in [3.63, 3.8) is 0 Å². The van der Waals surface area contributed by atoms with Crippen LogP contribution >= 0.6 is 11.7 Å². The molecule has 0 fully saturated rings. The number of rotatable bonds is 37. The summed E-state index contributed by atoms with van der Waals surface area (Å²) in [6, 6.07) is 63.4. The van der Waals surface area contributed by atoms with E-state index in [9.17, 15) is 14.7 Å². The van der Waals surface area contributed by atoms with Gasteiger partial charge >= 0.3 is 65.1 Å². The van der Waals surface area contributed by atoms with E-state index in [0.29, 0.717) is 6.42 Å². The molecule has 11 aromatic rings. The van der Waals surface area contributed by atoms with Gasteiger partial charge in [-0.1, -0.05) is 350 Å². The van der Waals surface area contributed by atoms with Gasteiger partial charge in [0.1, 0.15) is 11.0 Å². The molecular weight excluding hydrogens is 1360 g/mol. The molecule has 0 unspecified atom stereocenters. The van der Waals surface area contributed by atoms with E-state index in [0.717, 1.165) is 86.4 Å². The maximum Gasteiger partial charge on any atom is 1.00 e. The van der Waals surface area contributed by atoms with Crippen molar-refractivity contribution < 1.29 is 78.9 Å². The van der Waals surface area contributed by atoms with Gasteiger partial charge in [0.25, 0.3) is 0 Å². The molecule has 0 saturated carbocycles. The first kappa shape index (κ1) is 82.6. The van der Waals surface area contributed by atoms with Gasteiger partial charge in [-0.25, -0.2) is 0 Å². The van der Waals surface area contributed by atoms with E-state index in [1.165, 1.54) is 285 Å². The number of aryl methyl sites for hydroxylation is 5. The van der Waals surface area contributed by atoms with Crippen molar-refractivity contribution >= 4 is 56.2 Å². The van der Waals surface area contributed by atoms with Gasteiger partial charge in [-0.2, -0.15) is 8.75 Å². The summed E-state index contributed by atoms with van der Waals surface area (Å²) in [5, 5.41) is 24.8. The van der Waals surface area contributed by atoms with Crippen LogP contribution in [-0.2, 0) is 26.8 Å². The molecule has 1 spiro atoms. The van der Waals surface area contributed by atoms with E-state index in [1.54, 1.807) is 0 Å². The van der Waals surface area contributed by atoms with Crippen LogP contribution in [0, 0.1) is 27.7 Å². The summed E-state index contributed by atoms with van der Waals surface area (Å²) in [6.45, 7) is 15.8. The van der Waals surface area contributed by atoms with E-state index in [2.05, 4.69) is 206 Å². The average Bonchev–Trinajstić information content (AvgIpc) is 1.51. The minimum absolute atomic E-state index is 0. The SMILES string of the molecule is CCCCCCCCC1(CCCCCCCC)c2cc(-c3ccc4c(c3)C3(c5cc(C)ccc5-c5ccc(C)cc53)c3cc(C)ccc3-4)ccc2-c2ccc(-c3ccc4c5ccc(-c6ccc(C)c7nsnc67)cc5[c-](CCCCCCCCCCC(=O)[O-])c4c3)cc21.CCCCCCCCCCC(=O)O.[Na+].[Na+]. The monoisotopic (exact) mass is 1470 g/mol. The van der Waals surface area contributed by atoms with Crippen LogP contribution in [-0.4, -0.2) is 25.8 Å². The van der Waals surface area contributed by atoms with Crippen molar-refractivity contribution in [2.45, 2.75) is 271 Å². The predicted molar refractivity (Wildman–Crippen MR) is 447 cm³/mol. The molecule has 0 amide bonds. The molecule has 0 saturated heterocycles. The third kappa shape index (κ3) is 17.7. The van der Waals surface area contributed by atoms with Gasteiger partial charge in [0.05, 0.1) is 17.1 Å². The number of aromatic nitrogens is 2. The number of carboxylic acids is 2. The third-order valence-corrected chi connectivity index (χ3v) is 24.9. The minimum Gasteiger partial charge on any atom is -0.550 e. The number of carbonyl (C=O) groups excluding carboxylic acids is 1. The quantitative estimate of drug-likeness (QED) is 0.0236. The molecule has 0 aliphatic heterocycles. The van der Waals surface area contributed by atoms with Crippen molar-refractivity contribution in [2.24, 2.45) is 0 Å². The van der Waals surface area contributed by atoms with E-state index >= 15 is 0 Å². The Bertz CT molecular complexity index is 4830. The normalized spacial score (nSPS) is 13.0. The minimum atomic E-state index is -0.934. The largest absolute Gasteiger partial charge is 1.00 e. The summed E-state index contributed by atoms with van der Waals surface area (Å²) in [5.41, 5.74) is 32.5. The van der Waals surface area contributed by atoms with Crippen LogP contribution in [0.3, 0.4) is 0 Å². The summed E-state index contributed by atoms with van der Waals surface area (Å²) >= 11 is 1.30. The van der Waals surface area contributed by atoms with Crippen LogP contribution in [0.25, 0.3) is 99.3 Å². The summed E-state index contributed by atoms with van der Waals surface area (Å²) in [4.78, 5) is 21.2. The van der Waals surface area contributed by atoms with Gasteiger partial charge in [-0.3, -0.25) is 4.79 Å². The molecule has 552 valence electrons. The zero-order valence-corrected chi connectivity index (χ0v) is 71.6. The third-order valence-electron chi connectivity index (χ3n) is 24.4. The fraction of sp³-hybridized carbons (Fsp3) is 0.424. The Morgan fingerprint density at radius 1 is 0.370 bits per heavy atom. The van der Waals surface area contributed by atoms with Crippen LogP contribution < -0.4 is 64.2 Å². The molecule has 1 aromatic heterocycles. The van der Waals surface area contributed by atoms with E-state index in [-0.39, 0.29) is 71.0 Å². The molecule has 3 aliphatic carbocycles. The molecule has 1 N–H and O–H groups in total. The second-order valence-electron chi connectivity index (χ2n) is 32.0. The second kappa shape index (κ2) is 38.7. The van der Waals surface area contributed by atoms with Gasteiger partial charge in [0, 0.05) is 23.4 Å². The smallest absolute Gasteiger partial charge is 0.550 e. The van der Waals surface area contributed by atoms with Crippen LogP contribution in [0.4, 0.5) is 0 Å². The molecule has 6 nitrogen and oxygen atoms in total. The first-order valence-corrected chi connectivity index (χ1v) is 42.1. The number of carboxylic acid groups (broad SMARTS) is 2. The Labute approximate surface area is 694 Å². The number of benzene rings is 9. The maximum absolute atomic E-state index is 11.0. The number of fused-ring (bicyclic) bond motifs is 17. The molecule has 1 heterocycles. The van der Waals surface area contributed by atoms with Crippen molar-refractivity contribution in [3.05, 3.63) is 219 Å². The molecule has 0 bridgehead atoms. The number of carbonyl (C=O) groups is 2. The molecule has 14 rings (SSSR count). The summed E-state index contributed by atoms with van der Waals surface area (Å²) in [6.07, 6.45) is 37.5. The first-order valence-electron chi connectivity index (χ1n) is 41.4. The zero-order chi connectivity index (χ0) is 73.7. The Morgan fingerprint density at radius 2 is 0.713 bits per heavy atom. The predicted octanol–water partition coefficient (Wildman–Crippen LogP) is 21.5. The number of hydrogen-bond donors (Lipinski definition) is 1. The Balaban J connectivity index is 0.000000707. The van der Waals surface area contributed by atoms with Gasteiger partial charge in [0.15, 0.2) is 0 Å². The maximum atomic E-state index is 11.0. The number of aliphatic carboxylic acids is 2. The summed E-state index contributed by atoms with van der Waals surface area (Å²) < 4.78 is 9.55. The fourth-order valence-corrected chi connectivity index (χ4v) is 19.4. The average molecular weight is 1470 g/mol. The number of unbranched alkanes of at least 4 members (excludes halogenated alkanes) is 24. The van der Waals surface area contributed by atoms with Crippen LogP contribution in [0.2, 0.25) is 0 Å². The number of hydrogen-bond acceptors (Lipinski definition) is 6. The van der Waals surface area contributed by atoms with E-state index < -0.39 is 17.4 Å². The van der Waals surface area contributed by atoms with Crippen molar-refractivity contribution in [2.75, 3.05) is 0 Å². The first-order chi connectivity index (χ1) is 51.8. The Hall–Kier alpha value is -6.39. The van der Waals surface area contributed by atoms with E-state index in [4.69, 9.17) is 13.9 Å². The topological polar surface area (TPSA) is 103 Å². The Kier molecular flexibility index (Phi) is 29.6. The van der Waals surface area contributed by atoms with Crippen LogP contribution in [0.1, 0.15) is 287 Å². The standard InChI is InChI=1S/C88H93N2O2S.C11H22O2.2Na/c1-7-9-11-13-21-25-47-87(48-26-22-14-12-10-8-2)78-54-62(61-33-42-68-69-43-37-65(66-41-32-60(6)85-86(66)90-93-89-85)53-77(69)67(76(68)52-61)27-23-19-17-15-16-18-20-24-28-84(91)92)34-44-70(78)71-45-35-63(55-79(71)87)64-36-46-75-74-40-31-59(5)51-82(74)88(83(75)56-64)80-49-57(3)29-38-72(80)73-39-30-58(4)50-81(73)88;1-2-3-4-5-6-7-8-9-10-11(12)13;;/h29-46,49-56H,7-28,47-48H2,1-6H3,(H,91,92);2-10H2,1H3,(H,12,13);;/q-1;;2*+1/p-1. The fourth-order valence-electron chi connectivity index (χ4n) is 18.8.